The minimum Gasteiger partial charge on any atom is -0.477 e. The predicted molar refractivity (Wildman–Crippen MR) is 123 cm³/mol. The molecule has 3 aliphatic rings. The molecule has 1 aromatic heterocycles. The van der Waals surface area contributed by atoms with Crippen LogP contribution in [0.5, 0.6) is 5.88 Å². The molecule has 180 valence electrons. The summed E-state index contributed by atoms with van der Waals surface area (Å²) in [4.78, 5) is 15.6. The molecule has 12 heteroatoms. The number of rotatable bonds is 5. The fourth-order valence-corrected chi connectivity index (χ4v) is 6.33. The van der Waals surface area contributed by atoms with E-state index < -0.39 is 15.9 Å². The number of nitrogens with zero attached hydrogens (tertiary/aromatic N) is 4. The Hall–Kier alpha value is -3.14. The van der Waals surface area contributed by atoms with Crippen molar-refractivity contribution >= 4 is 21.6 Å². The van der Waals surface area contributed by atoms with Crippen molar-refractivity contribution in [3.05, 3.63) is 34.5 Å². The number of hydrogen-bond acceptors (Lipinski definition) is 7. The highest BCUT2D eigenvalue weighted by molar-refractivity contribution is 7.92. The fourth-order valence-electron chi connectivity index (χ4n) is 5.02. The maximum absolute atomic E-state index is 13.9. The fraction of sp³-hybridized carbons (Fsp3) is 0.500. The molecule has 2 heterocycles. The Balaban J connectivity index is 1.51. The van der Waals surface area contributed by atoms with Crippen molar-refractivity contribution in [1.29, 1.82) is 5.26 Å². The molecule has 3 N–H and O–H groups in total. The number of ether oxygens (including phenoxy) is 2. The van der Waals surface area contributed by atoms with Gasteiger partial charge in [0.15, 0.2) is 16.1 Å². The summed E-state index contributed by atoms with van der Waals surface area (Å²) in [6, 6.07) is 1.51. The van der Waals surface area contributed by atoms with Gasteiger partial charge in [-0.25, -0.2) is 19.1 Å². The second kappa shape index (κ2) is 9.25. The van der Waals surface area contributed by atoms with E-state index in [-0.39, 0.29) is 16.9 Å². The summed E-state index contributed by atoms with van der Waals surface area (Å²) >= 11 is 0. The van der Waals surface area contributed by atoms with Gasteiger partial charge in [-0.15, -0.1) is 9.19 Å². The number of hydrazine groups is 1. The van der Waals surface area contributed by atoms with Crippen LogP contribution in [0.25, 0.3) is 0 Å². The average molecular weight is 486 g/mol. The van der Waals surface area contributed by atoms with E-state index in [1.54, 1.807) is 13.3 Å². The third-order valence-electron chi connectivity index (χ3n) is 6.61. The van der Waals surface area contributed by atoms with Crippen LogP contribution in [0, 0.1) is 11.5 Å². The third-order valence-corrected chi connectivity index (χ3v) is 8.29. The Morgan fingerprint density at radius 3 is 2.71 bits per heavy atom. The monoisotopic (exact) mass is 485 g/mol. The van der Waals surface area contributed by atoms with Crippen molar-refractivity contribution in [2.75, 3.05) is 19.0 Å². The molecule has 1 aliphatic heterocycles. The van der Waals surface area contributed by atoms with Gasteiger partial charge in [0.05, 0.1) is 25.5 Å². The Labute approximate surface area is 198 Å². The summed E-state index contributed by atoms with van der Waals surface area (Å²) in [5.74, 6) is 0.231. The van der Waals surface area contributed by atoms with Gasteiger partial charge in [0.25, 0.3) is 0 Å². The molecular weight excluding hydrogens is 458 g/mol. The largest absolute Gasteiger partial charge is 0.477 e. The van der Waals surface area contributed by atoms with Crippen molar-refractivity contribution in [2.24, 2.45) is 4.36 Å². The second-order valence-electron chi connectivity index (χ2n) is 8.61. The second-order valence-corrected chi connectivity index (χ2v) is 10.5. The number of nitriles is 1. The van der Waals surface area contributed by atoms with Gasteiger partial charge in [-0.2, -0.15) is 10.4 Å². The van der Waals surface area contributed by atoms with Crippen molar-refractivity contribution in [3.8, 4) is 12.1 Å². The molecule has 2 atom stereocenters. The lowest BCUT2D eigenvalue weighted by atomic mass is 9.99. The van der Waals surface area contributed by atoms with Crippen LogP contribution in [0.3, 0.4) is 0 Å². The van der Waals surface area contributed by atoms with Crippen LogP contribution in [0.4, 0.5) is 10.5 Å². The molecule has 0 radical (unpaired) electrons. The van der Waals surface area contributed by atoms with Crippen LogP contribution in [-0.2, 0) is 46.9 Å². The number of aryl methyl sites for hydroxylation is 2. The van der Waals surface area contributed by atoms with E-state index in [9.17, 15) is 9.00 Å². The van der Waals surface area contributed by atoms with E-state index in [4.69, 9.17) is 14.7 Å². The smallest absolute Gasteiger partial charge is 0.354 e. The molecule has 1 unspecified atom stereocenters. The molecule has 0 saturated heterocycles. The minimum absolute atomic E-state index is 0.0886. The average Bonchev–Trinajstić information content (AvgIpc) is 3.55. The molecule has 0 spiro atoms. The first kappa shape index (κ1) is 22.6. The highest BCUT2D eigenvalue weighted by Gasteiger charge is 2.29. The number of nitrogens with one attached hydrogen (secondary N) is 3. The van der Waals surface area contributed by atoms with Crippen molar-refractivity contribution in [3.63, 3.8) is 0 Å². The minimum atomic E-state index is -3.64. The van der Waals surface area contributed by atoms with Gasteiger partial charge in [0, 0.05) is 19.2 Å². The molecule has 34 heavy (non-hydrogen) atoms. The van der Waals surface area contributed by atoms with E-state index >= 15 is 0 Å². The first-order valence-corrected chi connectivity index (χ1v) is 12.9. The third kappa shape index (κ3) is 4.11. The van der Waals surface area contributed by atoms with Crippen LogP contribution in [0.1, 0.15) is 41.5 Å². The van der Waals surface area contributed by atoms with Crippen LogP contribution < -0.4 is 20.3 Å². The molecule has 5 rings (SSSR count). The topological polar surface area (TPSA) is 143 Å². The number of methoxy groups -OCH3 is 1. The van der Waals surface area contributed by atoms with Crippen LogP contribution >= 0.6 is 0 Å². The number of anilines is 1. The zero-order chi connectivity index (χ0) is 23.7. The molecule has 2 aromatic rings. The maximum Gasteiger partial charge on any atom is 0.354 e. The number of hydrogen-bond donors (Lipinski definition) is 3. The van der Waals surface area contributed by atoms with E-state index in [0.29, 0.717) is 19.6 Å². The van der Waals surface area contributed by atoms with Crippen LogP contribution in [0.15, 0.2) is 21.5 Å². The summed E-state index contributed by atoms with van der Waals surface area (Å²) in [6.45, 7) is 0.731. The van der Waals surface area contributed by atoms with Gasteiger partial charge in [-0.1, -0.05) is 6.07 Å². The molecule has 1 aromatic carbocycles. The quantitative estimate of drug-likeness (QED) is 0.335. The Bertz CT molecular complexity index is 1260. The molecule has 0 saturated carbocycles. The van der Waals surface area contributed by atoms with Crippen molar-refractivity contribution in [1.82, 2.24) is 20.0 Å². The number of carbonyl (C=O) groups is 1. The van der Waals surface area contributed by atoms with Gasteiger partial charge >= 0.3 is 6.03 Å². The Morgan fingerprint density at radius 1 is 1.29 bits per heavy atom. The molecule has 11 nitrogen and oxygen atoms in total. The van der Waals surface area contributed by atoms with E-state index in [0.717, 1.165) is 55.3 Å². The number of benzene rings is 1. The Morgan fingerprint density at radius 2 is 2.03 bits per heavy atom. The van der Waals surface area contributed by atoms with Gasteiger partial charge in [0.1, 0.15) is 4.90 Å². The van der Waals surface area contributed by atoms with Gasteiger partial charge in [-0.05, 0) is 60.8 Å². The SMILES string of the molecule is CO[C@H]1CCOc2c(S(=O)(=NC(=O)Nc3c4c(cc5c3CCC5)CCC4)NNC#N)cnn2C1. The standard InChI is InChI=1S/C22H27N7O4S/c1-32-16-8-9-33-21-19(11-25-29(21)12-16)34(31,28-24-13-23)27-22(30)26-20-17-6-2-4-14(17)10-15-5-3-7-18(15)20/h10-11,16,24H,2-9,12H2,1H3,(H2,26,27,28,30,31)/t16-,34?/m0/s1. The van der Waals surface area contributed by atoms with E-state index in [1.807, 2.05) is 0 Å². The number of amides is 2. The number of aromatic nitrogens is 2. The zero-order valence-electron chi connectivity index (χ0n) is 18.9. The summed E-state index contributed by atoms with van der Waals surface area (Å²) in [7, 11) is -2.03. The van der Waals surface area contributed by atoms with Gasteiger partial charge in [0.2, 0.25) is 5.88 Å². The number of carbonyl (C=O) groups excluding carboxylic acids is 1. The molecular formula is C22H27N7O4S. The molecule has 0 fully saturated rings. The maximum atomic E-state index is 13.9. The summed E-state index contributed by atoms with van der Waals surface area (Å²) in [6.07, 6.45) is 9.40. The predicted octanol–water partition coefficient (Wildman–Crippen LogP) is 2.21. The lowest BCUT2D eigenvalue weighted by Gasteiger charge is -2.16. The molecule has 0 bridgehead atoms. The Kier molecular flexibility index (Phi) is 6.16. The van der Waals surface area contributed by atoms with Crippen LogP contribution in [0.2, 0.25) is 0 Å². The van der Waals surface area contributed by atoms with Gasteiger partial charge < -0.3 is 14.8 Å². The highest BCUT2D eigenvalue weighted by atomic mass is 32.2. The number of fused-ring (bicyclic) bond motifs is 3. The van der Waals surface area contributed by atoms with E-state index in [2.05, 4.69) is 31.1 Å². The highest BCUT2D eigenvalue weighted by Crippen LogP contribution is 2.38. The number of urea groups is 1. The van der Waals surface area contributed by atoms with Crippen LogP contribution in [-0.4, -0.2) is 39.8 Å². The first-order valence-electron chi connectivity index (χ1n) is 11.4. The first-order chi connectivity index (χ1) is 16.5. The molecule has 2 amide bonds. The summed E-state index contributed by atoms with van der Waals surface area (Å²) < 4.78 is 30.6. The normalized spacial score (nSPS) is 20.1. The van der Waals surface area contributed by atoms with Crippen molar-refractivity contribution < 1.29 is 18.5 Å². The van der Waals surface area contributed by atoms with E-state index in [1.165, 1.54) is 22.0 Å². The zero-order valence-corrected chi connectivity index (χ0v) is 19.7. The van der Waals surface area contributed by atoms with Gasteiger partial charge in [-0.3, -0.25) is 0 Å². The van der Waals surface area contributed by atoms with Crippen molar-refractivity contribution in [2.45, 2.75) is 62.5 Å². The summed E-state index contributed by atoms with van der Waals surface area (Å²) in [5.41, 5.74) is 7.79. The summed E-state index contributed by atoms with van der Waals surface area (Å²) in [5, 5.41) is 16.2. The lowest BCUT2D eigenvalue weighted by molar-refractivity contribution is 0.0775. The lowest BCUT2D eigenvalue weighted by Crippen LogP contribution is -2.35. The molecule has 2 aliphatic carbocycles.